The van der Waals surface area contributed by atoms with E-state index in [9.17, 15) is 13.2 Å². The minimum absolute atomic E-state index is 0. The third kappa shape index (κ3) is 9.87. The van der Waals surface area contributed by atoms with E-state index in [0.29, 0.717) is 0 Å². The van der Waals surface area contributed by atoms with Gasteiger partial charge in [-0.15, -0.1) is 43.2 Å². The van der Waals surface area contributed by atoms with Crippen LogP contribution in [0.1, 0.15) is 12.8 Å². The van der Waals surface area contributed by atoms with Gasteiger partial charge in [-0.05, 0) is 0 Å². The summed E-state index contributed by atoms with van der Waals surface area (Å²) in [5.74, 6) is 0. The standard InChI is InChI=1S/C6H4F3.C5H5.2ClH.Zr/c7-6(8,9)5-3-1-2-4-5;1-2-4-5-3-1;;;/h1,3H,2H2;1-3H,4H2;2*1H;/q2*-1;;;+2. The van der Waals surface area contributed by atoms with Gasteiger partial charge < -0.3 is 0 Å². The van der Waals surface area contributed by atoms with Gasteiger partial charge in [-0.25, -0.2) is 18.2 Å². The van der Waals surface area contributed by atoms with Crippen molar-refractivity contribution in [2.45, 2.75) is 19.0 Å². The van der Waals surface area contributed by atoms with Crippen molar-refractivity contribution < 1.29 is 39.4 Å². The van der Waals surface area contributed by atoms with Crippen molar-refractivity contribution >= 4 is 24.8 Å². The van der Waals surface area contributed by atoms with Crippen molar-refractivity contribution in [3.8, 4) is 0 Å². The Kier molecular flexibility index (Phi) is 14.9. The molecule has 2 aliphatic rings. The average Bonchev–Trinajstić information content (AvgIpc) is 2.80. The van der Waals surface area contributed by atoms with Crippen LogP contribution >= 0.6 is 24.8 Å². The van der Waals surface area contributed by atoms with E-state index in [4.69, 9.17) is 0 Å². The molecule has 0 unspecified atom stereocenters. The first kappa shape index (κ1) is 22.4. The van der Waals surface area contributed by atoms with Gasteiger partial charge in [-0.2, -0.15) is 25.3 Å². The van der Waals surface area contributed by atoms with Gasteiger partial charge in [0.25, 0.3) is 0 Å². The maximum absolute atomic E-state index is 11.6. The first-order valence-corrected chi connectivity index (χ1v) is 4.17. The van der Waals surface area contributed by atoms with E-state index < -0.39 is 11.7 Å². The minimum Gasteiger partial charge on any atom is -0.273 e. The Hall–Kier alpha value is 0.213. The van der Waals surface area contributed by atoms with E-state index >= 15 is 0 Å². The van der Waals surface area contributed by atoms with Gasteiger partial charge in [0.1, 0.15) is 0 Å². The predicted molar refractivity (Wildman–Crippen MR) is 62.6 cm³/mol. The Morgan fingerprint density at radius 3 is 1.88 bits per heavy atom. The van der Waals surface area contributed by atoms with E-state index in [1.165, 1.54) is 6.08 Å². The Bertz CT molecular complexity index is 294. The van der Waals surface area contributed by atoms with Gasteiger partial charge in [0.15, 0.2) is 0 Å². The van der Waals surface area contributed by atoms with Gasteiger partial charge in [-0.1, -0.05) is 0 Å². The second-order valence-electron chi connectivity index (χ2n) is 2.70. The van der Waals surface area contributed by atoms with E-state index in [-0.39, 0.29) is 57.4 Å². The summed E-state index contributed by atoms with van der Waals surface area (Å²) >= 11 is 0. The fourth-order valence-corrected chi connectivity index (χ4v) is 0.940. The number of halogens is 5. The van der Waals surface area contributed by atoms with Crippen molar-refractivity contribution in [3.05, 3.63) is 48.1 Å². The molecular formula is C11H11Cl2F3Zr. The van der Waals surface area contributed by atoms with Crippen molar-refractivity contribution in [2.24, 2.45) is 0 Å². The van der Waals surface area contributed by atoms with Gasteiger partial charge in [0.05, 0.1) is 0 Å². The second-order valence-corrected chi connectivity index (χ2v) is 2.70. The maximum Gasteiger partial charge on any atom is 2.00 e. The van der Waals surface area contributed by atoms with E-state index in [1.807, 2.05) is 12.2 Å². The van der Waals surface area contributed by atoms with Crippen molar-refractivity contribution in [3.63, 3.8) is 0 Å². The van der Waals surface area contributed by atoms with Crippen LogP contribution in [0.2, 0.25) is 0 Å². The SMILES string of the molecule is Cl.Cl.FC(F)(F)C1=[C-]CC=C1.[C-]1=CC=CC1.[Zr+2]. The van der Waals surface area contributed by atoms with Crippen LogP contribution in [0.4, 0.5) is 13.2 Å². The van der Waals surface area contributed by atoms with Crippen LogP contribution in [-0.4, -0.2) is 6.18 Å². The fraction of sp³-hybridized carbons (Fsp3) is 0.273. The number of rotatable bonds is 0. The van der Waals surface area contributed by atoms with Crippen LogP contribution in [-0.2, 0) is 26.2 Å². The average molecular weight is 362 g/mol. The molecule has 0 aromatic carbocycles. The molecule has 0 aliphatic heterocycles. The number of alkyl halides is 3. The molecule has 0 atom stereocenters. The van der Waals surface area contributed by atoms with Crippen molar-refractivity contribution in [1.82, 2.24) is 0 Å². The molecule has 17 heavy (non-hydrogen) atoms. The van der Waals surface area contributed by atoms with Gasteiger partial charge in [0.2, 0.25) is 0 Å². The molecular weight excluding hydrogens is 351 g/mol. The van der Waals surface area contributed by atoms with E-state index in [0.717, 1.165) is 12.5 Å². The number of hydrogen-bond acceptors (Lipinski definition) is 0. The second kappa shape index (κ2) is 11.3. The number of hydrogen-bond donors (Lipinski definition) is 0. The maximum atomic E-state index is 11.6. The molecule has 0 saturated heterocycles. The molecule has 0 amide bonds. The first-order valence-electron chi connectivity index (χ1n) is 4.17. The molecule has 0 saturated carbocycles. The topological polar surface area (TPSA) is 0 Å². The zero-order valence-corrected chi connectivity index (χ0v) is 12.8. The van der Waals surface area contributed by atoms with Crippen molar-refractivity contribution in [2.75, 3.05) is 0 Å². The molecule has 0 radical (unpaired) electrons. The van der Waals surface area contributed by atoms with Crippen LogP contribution in [0.3, 0.4) is 0 Å². The summed E-state index contributed by atoms with van der Waals surface area (Å²) in [6, 6.07) is 0. The Morgan fingerprint density at radius 1 is 1.06 bits per heavy atom. The molecule has 2 aliphatic carbocycles. The normalized spacial score (nSPS) is 14.9. The third-order valence-corrected chi connectivity index (χ3v) is 1.59. The largest absolute Gasteiger partial charge is 2.00 e. The monoisotopic (exact) mass is 360 g/mol. The fourth-order valence-electron chi connectivity index (χ4n) is 0.940. The van der Waals surface area contributed by atoms with Crippen LogP contribution in [0.15, 0.2) is 36.0 Å². The minimum atomic E-state index is -4.20. The molecule has 0 nitrogen and oxygen atoms in total. The molecule has 0 N–H and O–H groups in total. The summed E-state index contributed by atoms with van der Waals surface area (Å²) in [6.07, 6.45) is 10.7. The summed E-state index contributed by atoms with van der Waals surface area (Å²) < 4.78 is 34.8. The van der Waals surface area contributed by atoms with Gasteiger partial charge >= 0.3 is 32.4 Å². The molecule has 0 heterocycles. The summed E-state index contributed by atoms with van der Waals surface area (Å²) in [4.78, 5) is 0. The van der Waals surface area contributed by atoms with Gasteiger partial charge in [0, 0.05) is 0 Å². The summed E-state index contributed by atoms with van der Waals surface area (Å²) in [7, 11) is 0. The Morgan fingerprint density at radius 2 is 1.71 bits per heavy atom. The zero-order chi connectivity index (χ0) is 10.4. The molecule has 0 spiro atoms. The van der Waals surface area contributed by atoms with Crippen LogP contribution in [0.25, 0.3) is 0 Å². The van der Waals surface area contributed by atoms with Gasteiger partial charge in [-0.3, -0.25) is 12.2 Å². The predicted octanol–water partition coefficient (Wildman–Crippen LogP) is 4.38. The molecule has 2 rings (SSSR count). The molecule has 6 heteroatoms. The third-order valence-electron chi connectivity index (χ3n) is 1.59. The van der Waals surface area contributed by atoms with E-state index in [1.54, 1.807) is 0 Å². The van der Waals surface area contributed by atoms with Crippen LogP contribution in [0.5, 0.6) is 0 Å². The summed E-state index contributed by atoms with van der Waals surface area (Å²) in [5.41, 5.74) is -0.650. The molecule has 0 aromatic rings. The van der Waals surface area contributed by atoms with Crippen LogP contribution < -0.4 is 0 Å². The number of allylic oxidation sites excluding steroid dienone is 8. The summed E-state index contributed by atoms with van der Waals surface area (Å²) in [5, 5.41) is 0. The zero-order valence-electron chi connectivity index (χ0n) is 8.75. The Balaban J connectivity index is -0.000000216. The van der Waals surface area contributed by atoms with E-state index in [2.05, 4.69) is 18.2 Å². The molecule has 0 fully saturated rings. The van der Waals surface area contributed by atoms with Crippen molar-refractivity contribution in [1.29, 1.82) is 0 Å². The quantitative estimate of drug-likeness (QED) is 0.561. The Labute approximate surface area is 131 Å². The van der Waals surface area contributed by atoms with Crippen LogP contribution in [0, 0.1) is 12.2 Å². The smallest absolute Gasteiger partial charge is 0.273 e. The molecule has 94 valence electrons. The first-order chi connectivity index (χ1) is 6.61. The molecule has 0 bridgehead atoms. The summed E-state index contributed by atoms with van der Waals surface area (Å²) in [6.45, 7) is 0. The molecule has 0 aromatic heterocycles.